The van der Waals surface area contributed by atoms with Crippen LogP contribution in [0.1, 0.15) is 57.9 Å². The summed E-state index contributed by atoms with van der Waals surface area (Å²) in [7, 11) is 1.64. The highest BCUT2D eigenvalue weighted by Crippen LogP contribution is 2.43. The molecule has 2 atom stereocenters. The lowest BCUT2D eigenvalue weighted by Crippen LogP contribution is -2.51. The Hall–Kier alpha value is -4.61. The molecule has 0 radical (unpaired) electrons. The van der Waals surface area contributed by atoms with Gasteiger partial charge in [0.15, 0.2) is 6.61 Å². The number of likely N-dealkylation sites (tertiary alicyclic amines) is 1. The molecule has 2 heterocycles. The third kappa shape index (κ3) is 8.65. The number of anilines is 2. The number of hydrogen-bond donors (Lipinski definition) is 1. The number of carbonyl (C=O) groups excluding carboxylic acids is 3. The number of nitrogens with zero attached hydrogens (tertiary/aromatic N) is 3. The maximum Gasteiger partial charge on any atom is 0.410 e. The van der Waals surface area contributed by atoms with Crippen LogP contribution in [-0.2, 0) is 19.1 Å². The highest BCUT2D eigenvalue weighted by molar-refractivity contribution is 6.01. The lowest BCUT2D eigenvalue weighted by molar-refractivity contribution is -0.124. The molecule has 1 saturated carbocycles. The second kappa shape index (κ2) is 15.7. The molecule has 272 valence electrons. The average molecular weight is 700 g/mol. The van der Waals surface area contributed by atoms with Crippen molar-refractivity contribution in [3.8, 4) is 22.6 Å². The van der Waals surface area contributed by atoms with Crippen molar-refractivity contribution in [2.45, 2.75) is 64.0 Å². The molecule has 1 N–H and O–H groups in total. The van der Waals surface area contributed by atoms with Crippen molar-refractivity contribution in [1.29, 1.82) is 0 Å². The number of ether oxygens (including phenoxy) is 4. The van der Waals surface area contributed by atoms with Crippen LogP contribution in [0.25, 0.3) is 11.1 Å². The van der Waals surface area contributed by atoms with Crippen LogP contribution in [0.5, 0.6) is 11.5 Å². The van der Waals surface area contributed by atoms with E-state index in [0.717, 1.165) is 29.5 Å². The summed E-state index contributed by atoms with van der Waals surface area (Å²) in [5.41, 5.74) is 3.64. The van der Waals surface area contributed by atoms with Gasteiger partial charge in [0.05, 0.1) is 18.2 Å². The summed E-state index contributed by atoms with van der Waals surface area (Å²) in [5, 5.41) is 9.22. The molecule has 2 fully saturated rings. The number of benzene rings is 3. The first kappa shape index (κ1) is 36.2. The summed E-state index contributed by atoms with van der Waals surface area (Å²) in [6, 6.07) is 21.6. The van der Waals surface area contributed by atoms with Gasteiger partial charge in [-0.05, 0) is 99.4 Å². The Bertz CT molecular complexity index is 1720. The zero-order valence-electron chi connectivity index (χ0n) is 30.0. The van der Waals surface area contributed by atoms with Gasteiger partial charge in [-0.25, -0.2) is 4.79 Å². The Morgan fingerprint density at radius 3 is 2.47 bits per heavy atom. The molecule has 0 unspecified atom stereocenters. The number of amides is 3. The van der Waals surface area contributed by atoms with Crippen molar-refractivity contribution in [3.05, 3.63) is 72.3 Å². The summed E-state index contributed by atoms with van der Waals surface area (Å²) in [5.74, 6) is 0.362. The highest BCUT2D eigenvalue weighted by Gasteiger charge is 2.44. The molecule has 3 amide bonds. The molecule has 11 nitrogen and oxygen atoms in total. The van der Waals surface area contributed by atoms with Crippen molar-refractivity contribution in [2.24, 2.45) is 5.92 Å². The van der Waals surface area contributed by atoms with E-state index in [0.29, 0.717) is 55.4 Å². The van der Waals surface area contributed by atoms with Crippen LogP contribution >= 0.6 is 0 Å². The molecular formula is C40H49N3O8. The minimum atomic E-state index is -0.672. The van der Waals surface area contributed by atoms with Gasteiger partial charge < -0.3 is 38.8 Å². The Kier molecular flexibility index (Phi) is 11.2. The van der Waals surface area contributed by atoms with Gasteiger partial charge in [0.1, 0.15) is 23.7 Å². The predicted octanol–water partition coefficient (Wildman–Crippen LogP) is 6.02. The molecule has 1 aliphatic carbocycles. The molecule has 3 aromatic carbocycles. The zero-order valence-corrected chi connectivity index (χ0v) is 30.0. The SMILES string of the molecule is COCCCN1C(=O)COc2ccc(N(C(=O)[C@H]3CN(C(=O)OC(C)(C)C)CC[C@@H]3c3cccc(-c4cccc(OCCO)c4)c3)C3CC3)cc21. The van der Waals surface area contributed by atoms with Gasteiger partial charge in [-0.1, -0.05) is 36.4 Å². The van der Waals surface area contributed by atoms with Crippen LogP contribution in [0.4, 0.5) is 16.2 Å². The first-order chi connectivity index (χ1) is 24.6. The first-order valence-corrected chi connectivity index (χ1v) is 17.9. The van der Waals surface area contributed by atoms with Crippen LogP contribution in [0.3, 0.4) is 0 Å². The van der Waals surface area contributed by atoms with Crippen LogP contribution < -0.4 is 19.3 Å². The smallest absolute Gasteiger partial charge is 0.410 e. The van der Waals surface area contributed by atoms with E-state index in [1.807, 2.05) is 80.3 Å². The molecule has 11 heteroatoms. The van der Waals surface area contributed by atoms with Crippen LogP contribution in [0.15, 0.2) is 66.7 Å². The fourth-order valence-electron chi connectivity index (χ4n) is 6.95. The van der Waals surface area contributed by atoms with Gasteiger partial charge in [-0.2, -0.15) is 0 Å². The lowest BCUT2D eigenvalue weighted by atomic mass is 9.78. The number of methoxy groups -OCH3 is 1. The van der Waals surface area contributed by atoms with Gasteiger partial charge in [0.2, 0.25) is 5.91 Å². The molecule has 0 bridgehead atoms. The van der Waals surface area contributed by atoms with Crippen LogP contribution in [0.2, 0.25) is 0 Å². The number of aliphatic hydroxyl groups excluding tert-OH is 1. The monoisotopic (exact) mass is 699 g/mol. The Labute approximate surface area is 300 Å². The molecule has 51 heavy (non-hydrogen) atoms. The predicted molar refractivity (Wildman–Crippen MR) is 194 cm³/mol. The van der Waals surface area contributed by atoms with Crippen molar-refractivity contribution in [2.75, 3.05) is 63.0 Å². The molecule has 0 aromatic heterocycles. The van der Waals surface area contributed by atoms with E-state index in [9.17, 15) is 14.7 Å². The number of piperidine rings is 1. The molecule has 1 saturated heterocycles. The van der Waals surface area contributed by atoms with E-state index in [2.05, 4.69) is 12.1 Å². The molecule has 2 aliphatic heterocycles. The zero-order chi connectivity index (χ0) is 36.1. The van der Waals surface area contributed by atoms with Gasteiger partial charge >= 0.3 is 6.09 Å². The average Bonchev–Trinajstić information content (AvgIpc) is 3.96. The lowest BCUT2D eigenvalue weighted by Gasteiger charge is -2.41. The minimum absolute atomic E-state index is 0.0169. The van der Waals surface area contributed by atoms with Gasteiger partial charge in [-0.15, -0.1) is 0 Å². The fourth-order valence-corrected chi connectivity index (χ4v) is 6.95. The first-order valence-electron chi connectivity index (χ1n) is 17.9. The third-order valence-electron chi connectivity index (χ3n) is 9.47. The maximum atomic E-state index is 15.0. The Balaban J connectivity index is 1.34. The van der Waals surface area contributed by atoms with Gasteiger partial charge in [-0.3, -0.25) is 9.59 Å². The molecule has 3 aliphatic rings. The number of fused-ring (bicyclic) bond motifs is 1. The quantitative estimate of drug-likeness (QED) is 0.228. The Morgan fingerprint density at radius 2 is 1.75 bits per heavy atom. The summed E-state index contributed by atoms with van der Waals surface area (Å²) < 4.78 is 22.5. The van der Waals surface area contributed by atoms with Gasteiger partial charge in [0.25, 0.3) is 5.91 Å². The number of rotatable bonds is 12. The summed E-state index contributed by atoms with van der Waals surface area (Å²) in [6.45, 7) is 7.30. The Morgan fingerprint density at radius 1 is 0.980 bits per heavy atom. The van der Waals surface area contributed by atoms with E-state index >= 15 is 4.79 Å². The van der Waals surface area contributed by atoms with E-state index < -0.39 is 17.6 Å². The molecule has 3 aromatic rings. The van der Waals surface area contributed by atoms with Crippen LogP contribution in [0, 0.1) is 5.92 Å². The fraction of sp³-hybridized carbons (Fsp3) is 0.475. The van der Waals surface area contributed by atoms with Crippen molar-refractivity contribution < 1.29 is 38.4 Å². The normalized spacial score (nSPS) is 18.9. The van der Waals surface area contributed by atoms with Crippen LogP contribution in [-0.4, -0.2) is 92.7 Å². The van der Waals surface area contributed by atoms with Crippen molar-refractivity contribution in [1.82, 2.24) is 4.90 Å². The highest BCUT2D eigenvalue weighted by atomic mass is 16.6. The topological polar surface area (TPSA) is 118 Å². The molecular weight excluding hydrogens is 650 g/mol. The summed E-state index contributed by atoms with van der Waals surface area (Å²) >= 11 is 0. The van der Waals surface area contributed by atoms with Crippen molar-refractivity contribution in [3.63, 3.8) is 0 Å². The second-order valence-corrected chi connectivity index (χ2v) is 14.4. The summed E-state index contributed by atoms with van der Waals surface area (Å²) in [6.07, 6.45) is 2.55. The van der Waals surface area contributed by atoms with Crippen molar-refractivity contribution >= 4 is 29.3 Å². The maximum absolute atomic E-state index is 15.0. The standard InChI is InChI=1S/C40H49N3O8/c1-40(2,3)51-39(47)41-18-16-33(29-10-5-8-27(22-29)28-9-6-11-32(23-28)49-21-19-44)34(25-41)38(46)43(30-12-13-30)31-14-15-36-35(24-31)42(17-7-20-48-4)37(45)26-50-36/h5-6,8-11,14-15,22-24,30,33-34,44H,7,12-13,16-21,25-26H2,1-4H3/t33-,34+/m1/s1. The van der Waals surface area contributed by atoms with Gasteiger partial charge in [0, 0.05) is 45.1 Å². The van der Waals surface area contributed by atoms with E-state index in [1.165, 1.54) is 0 Å². The van der Waals surface area contributed by atoms with E-state index in [-0.39, 0.29) is 50.1 Å². The number of carbonyl (C=O) groups is 3. The summed E-state index contributed by atoms with van der Waals surface area (Å²) in [4.78, 5) is 46.6. The minimum Gasteiger partial charge on any atom is -0.491 e. The number of aliphatic hydroxyl groups is 1. The largest absolute Gasteiger partial charge is 0.491 e. The van der Waals surface area contributed by atoms with E-state index in [1.54, 1.807) is 16.9 Å². The molecule has 0 spiro atoms. The molecule has 6 rings (SSSR count). The van der Waals surface area contributed by atoms with E-state index in [4.69, 9.17) is 18.9 Å². The third-order valence-corrected chi connectivity index (χ3v) is 9.47. The number of hydrogen-bond acceptors (Lipinski definition) is 8. The second-order valence-electron chi connectivity index (χ2n) is 14.4.